The van der Waals surface area contributed by atoms with E-state index in [2.05, 4.69) is 40.2 Å². The van der Waals surface area contributed by atoms with E-state index in [-0.39, 0.29) is 5.91 Å². The fraction of sp³-hybridized carbons (Fsp3) is 0.455. The van der Waals surface area contributed by atoms with Crippen LogP contribution in [0.5, 0.6) is 0 Å². The third-order valence-corrected chi connectivity index (χ3v) is 6.27. The van der Waals surface area contributed by atoms with Gasteiger partial charge >= 0.3 is 0 Å². The normalized spacial score (nSPS) is 18.2. The number of likely N-dealkylation sites (tertiary alicyclic amines) is 1. The molecule has 1 amide bonds. The van der Waals surface area contributed by atoms with E-state index in [0.717, 1.165) is 55.9 Å². The maximum absolute atomic E-state index is 12.3. The Balaban J connectivity index is 1.38. The summed E-state index contributed by atoms with van der Waals surface area (Å²) in [7, 11) is 0. The summed E-state index contributed by atoms with van der Waals surface area (Å²) < 4.78 is 0. The second-order valence-corrected chi connectivity index (χ2v) is 8.36. The number of anilines is 1. The predicted molar refractivity (Wildman–Crippen MR) is 112 cm³/mol. The first-order valence-electron chi connectivity index (χ1n) is 10.1. The molecule has 2 N–H and O–H groups in total. The SMILES string of the molecule is NN(C(=O)CC1CC1)c1nccc(CN2CCC(c3ccccc3)CC2)c1Cl. The zero-order chi connectivity index (χ0) is 19.5. The van der Waals surface area contributed by atoms with Gasteiger partial charge in [0.25, 0.3) is 0 Å². The molecule has 2 heterocycles. The molecule has 0 atom stereocenters. The van der Waals surface area contributed by atoms with Crippen LogP contribution in [-0.4, -0.2) is 28.9 Å². The summed E-state index contributed by atoms with van der Waals surface area (Å²) in [5.74, 6) is 7.38. The summed E-state index contributed by atoms with van der Waals surface area (Å²) >= 11 is 6.58. The summed E-state index contributed by atoms with van der Waals surface area (Å²) in [6.45, 7) is 2.81. The molecule has 2 aliphatic rings. The van der Waals surface area contributed by atoms with Crippen molar-refractivity contribution in [3.63, 3.8) is 0 Å². The van der Waals surface area contributed by atoms with Crippen LogP contribution < -0.4 is 10.9 Å². The van der Waals surface area contributed by atoms with Crippen molar-refractivity contribution in [1.82, 2.24) is 9.88 Å². The number of halogens is 1. The number of hydrogen-bond donors (Lipinski definition) is 1. The predicted octanol–water partition coefficient (Wildman–Crippen LogP) is 4.12. The number of hydrogen-bond acceptors (Lipinski definition) is 4. The number of carbonyl (C=O) groups is 1. The van der Waals surface area contributed by atoms with Crippen LogP contribution >= 0.6 is 11.6 Å². The van der Waals surface area contributed by atoms with Crippen molar-refractivity contribution >= 4 is 23.3 Å². The van der Waals surface area contributed by atoms with Gasteiger partial charge in [-0.1, -0.05) is 41.9 Å². The van der Waals surface area contributed by atoms with Crippen LogP contribution in [0, 0.1) is 5.92 Å². The molecule has 1 saturated heterocycles. The average molecular weight is 399 g/mol. The van der Waals surface area contributed by atoms with Crippen LogP contribution in [0.4, 0.5) is 5.82 Å². The van der Waals surface area contributed by atoms with Gasteiger partial charge in [0.1, 0.15) is 0 Å². The molecule has 0 bridgehead atoms. The Labute approximate surface area is 171 Å². The summed E-state index contributed by atoms with van der Waals surface area (Å²) in [5, 5.41) is 1.62. The van der Waals surface area contributed by atoms with Gasteiger partial charge in [0.05, 0.1) is 5.02 Å². The van der Waals surface area contributed by atoms with E-state index in [1.165, 1.54) is 5.56 Å². The number of nitrogens with two attached hydrogens (primary N) is 1. The molecule has 2 aromatic rings. The topological polar surface area (TPSA) is 62.5 Å². The lowest BCUT2D eigenvalue weighted by atomic mass is 9.89. The minimum atomic E-state index is -0.113. The molecule has 1 aliphatic carbocycles. The highest BCUT2D eigenvalue weighted by molar-refractivity contribution is 6.34. The van der Waals surface area contributed by atoms with Gasteiger partial charge < -0.3 is 0 Å². The number of hydrazine groups is 1. The van der Waals surface area contributed by atoms with Gasteiger partial charge in [0.15, 0.2) is 5.82 Å². The number of piperidine rings is 1. The third kappa shape index (κ3) is 4.54. The Kier molecular flexibility index (Phi) is 5.95. The Morgan fingerprint density at radius 1 is 1.14 bits per heavy atom. The lowest BCUT2D eigenvalue weighted by molar-refractivity contribution is -0.119. The molecule has 1 aromatic carbocycles. The van der Waals surface area contributed by atoms with Gasteiger partial charge in [0.2, 0.25) is 5.91 Å². The highest BCUT2D eigenvalue weighted by atomic mass is 35.5. The third-order valence-electron chi connectivity index (χ3n) is 5.86. The van der Waals surface area contributed by atoms with E-state index < -0.39 is 0 Å². The number of nitrogens with zero attached hydrogens (tertiary/aromatic N) is 3. The molecular weight excluding hydrogens is 372 g/mol. The van der Waals surface area contributed by atoms with Gasteiger partial charge in [-0.3, -0.25) is 9.69 Å². The first-order valence-corrected chi connectivity index (χ1v) is 10.5. The van der Waals surface area contributed by atoms with Crippen LogP contribution in [0.25, 0.3) is 0 Å². The summed E-state index contributed by atoms with van der Waals surface area (Å²) in [6.07, 6.45) is 6.67. The minimum absolute atomic E-state index is 0.113. The number of carbonyl (C=O) groups excluding carboxylic acids is 1. The summed E-state index contributed by atoms with van der Waals surface area (Å²) in [4.78, 5) is 19.0. The minimum Gasteiger partial charge on any atom is -0.299 e. The standard InChI is InChI=1S/C22H27ClN4O/c23-21-19(8-11-25-22(21)27(24)20(28)14-16-6-7-16)15-26-12-9-18(10-13-26)17-4-2-1-3-5-17/h1-5,8,11,16,18H,6-7,9-10,12-15,24H2. The second kappa shape index (κ2) is 8.60. The van der Waals surface area contributed by atoms with E-state index in [9.17, 15) is 4.79 Å². The Morgan fingerprint density at radius 2 is 1.86 bits per heavy atom. The smallest absolute Gasteiger partial charge is 0.242 e. The van der Waals surface area contributed by atoms with E-state index in [1.807, 2.05) is 6.07 Å². The molecule has 148 valence electrons. The first kappa shape index (κ1) is 19.4. The lowest BCUT2D eigenvalue weighted by Gasteiger charge is -2.32. The van der Waals surface area contributed by atoms with E-state index >= 15 is 0 Å². The van der Waals surface area contributed by atoms with Crippen molar-refractivity contribution < 1.29 is 4.79 Å². The second-order valence-electron chi connectivity index (χ2n) is 7.98. The van der Waals surface area contributed by atoms with Crippen molar-refractivity contribution in [3.05, 3.63) is 58.7 Å². The van der Waals surface area contributed by atoms with E-state index in [1.54, 1.807) is 6.20 Å². The molecule has 5 nitrogen and oxygen atoms in total. The van der Waals surface area contributed by atoms with Gasteiger partial charge in [-0.15, -0.1) is 0 Å². The first-order chi connectivity index (χ1) is 13.6. The quantitative estimate of drug-likeness (QED) is 0.451. The maximum atomic E-state index is 12.3. The Hall–Kier alpha value is -1.95. The molecule has 1 saturated carbocycles. The molecule has 6 heteroatoms. The summed E-state index contributed by atoms with van der Waals surface area (Å²) in [6, 6.07) is 12.7. The van der Waals surface area contributed by atoms with Crippen molar-refractivity contribution in [2.24, 2.45) is 11.8 Å². The molecule has 0 spiro atoms. The van der Waals surface area contributed by atoms with Crippen molar-refractivity contribution in [2.45, 2.75) is 44.6 Å². The lowest BCUT2D eigenvalue weighted by Crippen LogP contribution is -2.39. The van der Waals surface area contributed by atoms with Crippen LogP contribution in [-0.2, 0) is 11.3 Å². The number of pyridine rings is 1. The Morgan fingerprint density at radius 3 is 2.54 bits per heavy atom. The molecule has 4 rings (SSSR count). The van der Waals surface area contributed by atoms with E-state index in [0.29, 0.717) is 29.1 Å². The van der Waals surface area contributed by atoms with Crippen LogP contribution in [0.1, 0.15) is 49.1 Å². The van der Waals surface area contributed by atoms with Gasteiger partial charge in [0, 0.05) is 19.2 Å². The van der Waals surface area contributed by atoms with Gasteiger partial charge in [-0.25, -0.2) is 15.8 Å². The van der Waals surface area contributed by atoms with Crippen molar-refractivity contribution in [1.29, 1.82) is 0 Å². The number of rotatable bonds is 6. The number of benzene rings is 1. The Bertz CT molecular complexity index is 817. The molecular formula is C22H27ClN4O. The van der Waals surface area contributed by atoms with Crippen LogP contribution in [0.3, 0.4) is 0 Å². The summed E-state index contributed by atoms with van der Waals surface area (Å²) in [5.41, 5.74) is 2.40. The van der Waals surface area contributed by atoms with Gasteiger partial charge in [-0.05, 0) is 67.8 Å². The average Bonchev–Trinajstić information content (AvgIpc) is 3.54. The molecule has 0 unspecified atom stereocenters. The van der Waals surface area contributed by atoms with E-state index in [4.69, 9.17) is 17.4 Å². The molecule has 1 aliphatic heterocycles. The van der Waals surface area contributed by atoms with Gasteiger partial charge in [-0.2, -0.15) is 0 Å². The molecule has 2 fully saturated rings. The van der Waals surface area contributed by atoms with Crippen LogP contribution in [0.15, 0.2) is 42.6 Å². The highest BCUT2D eigenvalue weighted by Gasteiger charge is 2.28. The van der Waals surface area contributed by atoms with Crippen molar-refractivity contribution in [2.75, 3.05) is 18.1 Å². The number of aromatic nitrogens is 1. The molecule has 0 radical (unpaired) electrons. The zero-order valence-corrected chi connectivity index (χ0v) is 16.8. The fourth-order valence-electron chi connectivity index (χ4n) is 3.94. The number of amides is 1. The largest absolute Gasteiger partial charge is 0.299 e. The highest BCUT2D eigenvalue weighted by Crippen LogP contribution is 2.34. The zero-order valence-electron chi connectivity index (χ0n) is 16.1. The molecule has 1 aromatic heterocycles. The molecule has 28 heavy (non-hydrogen) atoms. The maximum Gasteiger partial charge on any atom is 0.242 e. The monoisotopic (exact) mass is 398 g/mol. The van der Waals surface area contributed by atoms with Crippen molar-refractivity contribution in [3.8, 4) is 0 Å². The fourth-order valence-corrected chi connectivity index (χ4v) is 4.20. The van der Waals surface area contributed by atoms with Crippen LogP contribution in [0.2, 0.25) is 5.02 Å².